The zero-order valence-electron chi connectivity index (χ0n) is 15.7. The molecule has 0 unspecified atom stereocenters. The number of carbonyl (C=O) groups is 3. The van der Waals surface area contributed by atoms with E-state index >= 15 is 0 Å². The van der Waals surface area contributed by atoms with Crippen LogP contribution in [-0.4, -0.2) is 30.9 Å². The zero-order chi connectivity index (χ0) is 19.9. The Morgan fingerprint density at radius 2 is 1.75 bits per heavy atom. The Morgan fingerprint density at radius 3 is 2.36 bits per heavy atom. The number of ether oxygens (including phenoxy) is 1. The van der Waals surface area contributed by atoms with Crippen LogP contribution < -0.4 is 20.5 Å². The van der Waals surface area contributed by atoms with Gasteiger partial charge < -0.3 is 9.64 Å². The van der Waals surface area contributed by atoms with Crippen molar-refractivity contribution >= 4 is 23.4 Å². The van der Waals surface area contributed by atoms with E-state index in [1.807, 2.05) is 31.2 Å². The van der Waals surface area contributed by atoms with Crippen molar-refractivity contribution in [1.29, 1.82) is 0 Å². The highest BCUT2D eigenvalue weighted by Gasteiger charge is 2.21. The van der Waals surface area contributed by atoms with Crippen LogP contribution in [0.4, 0.5) is 5.69 Å². The molecule has 0 aromatic heterocycles. The number of hydrogen-bond acceptors (Lipinski definition) is 4. The number of nitrogens with one attached hydrogen (secondary N) is 2. The number of anilines is 1. The number of rotatable bonds is 6. The second kappa shape index (κ2) is 9.03. The molecule has 0 radical (unpaired) electrons. The van der Waals surface area contributed by atoms with Crippen molar-refractivity contribution in [2.24, 2.45) is 0 Å². The second-order valence-electron chi connectivity index (χ2n) is 6.45. The Morgan fingerprint density at radius 1 is 1.04 bits per heavy atom. The summed E-state index contributed by atoms with van der Waals surface area (Å²) in [6, 6.07) is 14.0. The molecule has 2 N–H and O–H groups in total. The molecule has 0 saturated carbocycles. The normalized spacial score (nSPS) is 13.3. The Labute approximate surface area is 163 Å². The number of hydrazine groups is 1. The fourth-order valence-corrected chi connectivity index (χ4v) is 3.01. The largest absolute Gasteiger partial charge is 0.494 e. The fourth-order valence-electron chi connectivity index (χ4n) is 3.01. The second-order valence-corrected chi connectivity index (χ2v) is 6.45. The molecular weight excluding hydrogens is 358 g/mol. The molecule has 28 heavy (non-hydrogen) atoms. The molecule has 0 spiro atoms. The Bertz CT molecular complexity index is 847. The Hall–Kier alpha value is -3.35. The standard InChI is InChI=1S/C21H23N3O4/c1-2-28-18-11-7-16(8-12-18)21(27)23-22-19(25)14-15-5-9-17(10-6-15)24-13-3-4-20(24)26/h5-12H,2-4,13-14H2,1H3,(H,22,25)(H,23,27). The van der Waals surface area contributed by atoms with Crippen LogP contribution in [0, 0.1) is 0 Å². The average Bonchev–Trinajstić information content (AvgIpc) is 3.13. The number of carbonyl (C=O) groups excluding carboxylic acids is 3. The lowest BCUT2D eigenvalue weighted by Gasteiger charge is -2.16. The van der Waals surface area contributed by atoms with Crippen molar-refractivity contribution in [3.8, 4) is 5.75 Å². The molecule has 1 aliphatic heterocycles. The zero-order valence-corrected chi connectivity index (χ0v) is 15.7. The van der Waals surface area contributed by atoms with E-state index in [0.717, 1.165) is 24.2 Å². The van der Waals surface area contributed by atoms with E-state index < -0.39 is 5.91 Å². The minimum atomic E-state index is -0.403. The van der Waals surface area contributed by atoms with Gasteiger partial charge in [0, 0.05) is 24.2 Å². The van der Waals surface area contributed by atoms with E-state index in [0.29, 0.717) is 24.3 Å². The Balaban J connectivity index is 1.48. The molecule has 1 aliphatic rings. The van der Waals surface area contributed by atoms with Crippen LogP contribution in [0.5, 0.6) is 5.75 Å². The molecule has 3 rings (SSSR count). The maximum absolute atomic E-state index is 12.1. The fraction of sp³-hybridized carbons (Fsp3) is 0.286. The summed E-state index contributed by atoms with van der Waals surface area (Å²) in [7, 11) is 0. The van der Waals surface area contributed by atoms with Gasteiger partial charge in [0.2, 0.25) is 11.8 Å². The summed E-state index contributed by atoms with van der Waals surface area (Å²) in [4.78, 5) is 37.7. The van der Waals surface area contributed by atoms with Crippen LogP contribution >= 0.6 is 0 Å². The van der Waals surface area contributed by atoms with Crippen molar-refractivity contribution in [2.45, 2.75) is 26.2 Å². The molecule has 2 aromatic rings. The van der Waals surface area contributed by atoms with Crippen LogP contribution in [0.2, 0.25) is 0 Å². The molecule has 1 fully saturated rings. The number of amides is 3. The maximum Gasteiger partial charge on any atom is 0.269 e. The summed E-state index contributed by atoms with van der Waals surface area (Å²) >= 11 is 0. The summed E-state index contributed by atoms with van der Waals surface area (Å²) in [6.07, 6.45) is 1.58. The van der Waals surface area contributed by atoms with E-state index in [1.165, 1.54) is 0 Å². The van der Waals surface area contributed by atoms with Crippen molar-refractivity contribution < 1.29 is 19.1 Å². The summed E-state index contributed by atoms with van der Waals surface area (Å²) in [6.45, 7) is 3.17. The first kappa shape index (κ1) is 19.4. The van der Waals surface area contributed by atoms with E-state index in [2.05, 4.69) is 10.9 Å². The molecule has 7 heteroatoms. The summed E-state index contributed by atoms with van der Waals surface area (Å²) in [5.74, 6) is 0.0771. The van der Waals surface area contributed by atoms with Gasteiger partial charge in [0.05, 0.1) is 13.0 Å². The van der Waals surface area contributed by atoms with Gasteiger partial charge in [-0.15, -0.1) is 0 Å². The van der Waals surface area contributed by atoms with Gasteiger partial charge in [0.25, 0.3) is 5.91 Å². The van der Waals surface area contributed by atoms with Crippen LogP contribution in [0.1, 0.15) is 35.7 Å². The Kier molecular flexibility index (Phi) is 6.26. The minimum Gasteiger partial charge on any atom is -0.494 e. The SMILES string of the molecule is CCOc1ccc(C(=O)NNC(=O)Cc2ccc(N3CCCC3=O)cc2)cc1. The van der Waals surface area contributed by atoms with Gasteiger partial charge in [-0.05, 0) is 55.3 Å². The summed E-state index contributed by atoms with van der Waals surface area (Å²) in [5, 5.41) is 0. The van der Waals surface area contributed by atoms with Gasteiger partial charge in [-0.25, -0.2) is 0 Å². The first-order valence-corrected chi connectivity index (χ1v) is 9.28. The highest BCUT2D eigenvalue weighted by atomic mass is 16.5. The van der Waals surface area contributed by atoms with Crippen molar-refractivity contribution in [2.75, 3.05) is 18.1 Å². The van der Waals surface area contributed by atoms with Gasteiger partial charge in [-0.2, -0.15) is 0 Å². The molecule has 0 aliphatic carbocycles. The lowest BCUT2D eigenvalue weighted by atomic mass is 10.1. The highest BCUT2D eigenvalue weighted by molar-refractivity contribution is 5.96. The first-order valence-electron chi connectivity index (χ1n) is 9.28. The van der Waals surface area contributed by atoms with E-state index in [1.54, 1.807) is 29.2 Å². The highest BCUT2D eigenvalue weighted by Crippen LogP contribution is 2.21. The number of benzene rings is 2. The van der Waals surface area contributed by atoms with E-state index in [4.69, 9.17) is 4.74 Å². The van der Waals surface area contributed by atoms with E-state index in [9.17, 15) is 14.4 Å². The third-order valence-electron chi connectivity index (χ3n) is 4.43. The third-order valence-corrected chi connectivity index (χ3v) is 4.43. The molecule has 7 nitrogen and oxygen atoms in total. The predicted molar refractivity (Wildman–Crippen MR) is 105 cm³/mol. The number of nitrogens with zero attached hydrogens (tertiary/aromatic N) is 1. The predicted octanol–water partition coefficient (Wildman–Crippen LogP) is 2.22. The molecule has 2 aromatic carbocycles. The molecule has 1 saturated heterocycles. The quantitative estimate of drug-likeness (QED) is 0.751. The smallest absolute Gasteiger partial charge is 0.269 e. The minimum absolute atomic E-state index is 0.123. The van der Waals surface area contributed by atoms with Gasteiger partial charge in [0.1, 0.15) is 5.75 Å². The van der Waals surface area contributed by atoms with Crippen molar-refractivity contribution in [3.05, 3.63) is 59.7 Å². The third kappa shape index (κ3) is 4.88. The molecule has 146 valence electrons. The van der Waals surface area contributed by atoms with Crippen LogP contribution in [-0.2, 0) is 16.0 Å². The molecule has 3 amide bonds. The lowest BCUT2D eigenvalue weighted by Crippen LogP contribution is -2.42. The maximum atomic E-state index is 12.1. The molecular formula is C21H23N3O4. The topological polar surface area (TPSA) is 87.7 Å². The van der Waals surface area contributed by atoms with Gasteiger partial charge in [-0.3, -0.25) is 25.2 Å². The van der Waals surface area contributed by atoms with Crippen LogP contribution in [0.15, 0.2) is 48.5 Å². The van der Waals surface area contributed by atoms with Gasteiger partial charge in [0.15, 0.2) is 0 Å². The molecule has 1 heterocycles. The number of hydrogen-bond donors (Lipinski definition) is 2. The van der Waals surface area contributed by atoms with Crippen molar-refractivity contribution in [1.82, 2.24) is 10.9 Å². The van der Waals surface area contributed by atoms with Crippen LogP contribution in [0.25, 0.3) is 0 Å². The van der Waals surface area contributed by atoms with Gasteiger partial charge >= 0.3 is 0 Å². The van der Waals surface area contributed by atoms with Crippen LogP contribution in [0.3, 0.4) is 0 Å². The average molecular weight is 381 g/mol. The summed E-state index contributed by atoms with van der Waals surface area (Å²) < 4.78 is 5.33. The molecule has 0 atom stereocenters. The van der Waals surface area contributed by atoms with Gasteiger partial charge in [-0.1, -0.05) is 12.1 Å². The van der Waals surface area contributed by atoms with E-state index in [-0.39, 0.29) is 18.2 Å². The monoisotopic (exact) mass is 381 g/mol. The lowest BCUT2D eigenvalue weighted by molar-refractivity contribution is -0.121. The summed E-state index contributed by atoms with van der Waals surface area (Å²) in [5.41, 5.74) is 6.87. The molecule has 0 bridgehead atoms. The van der Waals surface area contributed by atoms with Crippen molar-refractivity contribution in [3.63, 3.8) is 0 Å². The first-order chi connectivity index (χ1) is 13.6.